The van der Waals surface area contributed by atoms with E-state index >= 15 is 0 Å². The molecule has 2 atom stereocenters. The van der Waals surface area contributed by atoms with Gasteiger partial charge in [0.2, 0.25) is 0 Å². The Hall–Kier alpha value is -1.90. The maximum absolute atomic E-state index is 5.52. The van der Waals surface area contributed by atoms with E-state index in [4.69, 9.17) is 9.72 Å². The lowest BCUT2D eigenvalue weighted by atomic mass is 9.79. The topological polar surface area (TPSA) is 35.0 Å². The van der Waals surface area contributed by atoms with Gasteiger partial charge in [0.05, 0.1) is 6.61 Å². The second-order valence-corrected chi connectivity index (χ2v) is 7.88. The van der Waals surface area contributed by atoms with Gasteiger partial charge in [-0.15, -0.1) is 0 Å². The number of ether oxygens (including phenoxy) is 1. The molecule has 2 unspecified atom stereocenters. The third-order valence-corrected chi connectivity index (χ3v) is 5.89. The van der Waals surface area contributed by atoms with E-state index < -0.39 is 0 Å². The van der Waals surface area contributed by atoms with E-state index in [1.165, 1.54) is 49.8 Å². The number of aryl methyl sites for hydroxylation is 1. The van der Waals surface area contributed by atoms with Crippen LogP contribution < -0.4 is 4.74 Å². The van der Waals surface area contributed by atoms with Crippen LogP contribution in [0, 0.1) is 11.8 Å². The van der Waals surface area contributed by atoms with Gasteiger partial charge < -0.3 is 4.74 Å². The molecular formula is C24H34N2O. The van der Waals surface area contributed by atoms with Crippen molar-refractivity contribution in [2.24, 2.45) is 11.8 Å². The van der Waals surface area contributed by atoms with Gasteiger partial charge in [0, 0.05) is 17.5 Å². The SMILES string of the molecule is CCCCC(CC)CC1CCc2nc(-c3ccc(OCC)cc3)ncc2C1. The molecule has 1 aromatic carbocycles. The van der Waals surface area contributed by atoms with Crippen molar-refractivity contribution >= 4 is 0 Å². The highest BCUT2D eigenvalue weighted by Gasteiger charge is 2.23. The maximum atomic E-state index is 5.52. The molecule has 0 aliphatic heterocycles. The van der Waals surface area contributed by atoms with Crippen LogP contribution >= 0.6 is 0 Å². The number of nitrogens with zero attached hydrogens (tertiary/aromatic N) is 2. The van der Waals surface area contributed by atoms with Gasteiger partial charge in [0.25, 0.3) is 0 Å². The van der Waals surface area contributed by atoms with Crippen LogP contribution in [0.25, 0.3) is 11.4 Å². The Kier molecular flexibility index (Phi) is 7.25. The van der Waals surface area contributed by atoms with Gasteiger partial charge in [-0.2, -0.15) is 0 Å². The molecule has 0 radical (unpaired) electrons. The second kappa shape index (κ2) is 9.87. The first-order valence-corrected chi connectivity index (χ1v) is 10.8. The van der Waals surface area contributed by atoms with Crippen molar-refractivity contribution in [1.29, 1.82) is 0 Å². The molecule has 27 heavy (non-hydrogen) atoms. The lowest BCUT2D eigenvalue weighted by Crippen LogP contribution is -2.19. The first-order chi connectivity index (χ1) is 13.2. The van der Waals surface area contributed by atoms with Crippen molar-refractivity contribution in [3.63, 3.8) is 0 Å². The fourth-order valence-electron chi connectivity index (χ4n) is 4.24. The summed E-state index contributed by atoms with van der Waals surface area (Å²) in [4.78, 5) is 9.56. The number of hydrogen-bond acceptors (Lipinski definition) is 3. The monoisotopic (exact) mass is 366 g/mol. The van der Waals surface area contributed by atoms with Gasteiger partial charge in [-0.1, -0.05) is 39.5 Å². The highest BCUT2D eigenvalue weighted by Crippen LogP contribution is 2.32. The molecule has 3 nitrogen and oxygen atoms in total. The zero-order valence-corrected chi connectivity index (χ0v) is 17.2. The number of aromatic nitrogens is 2. The Morgan fingerprint density at radius 2 is 1.96 bits per heavy atom. The molecule has 0 saturated carbocycles. The lowest BCUT2D eigenvalue weighted by Gasteiger charge is -2.27. The molecule has 1 aromatic heterocycles. The van der Waals surface area contributed by atoms with Crippen LogP contribution in [0.15, 0.2) is 30.5 Å². The average Bonchev–Trinajstić information content (AvgIpc) is 2.71. The predicted octanol–water partition coefficient (Wildman–Crippen LogP) is 6.25. The number of rotatable bonds is 9. The molecule has 1 aliphatic rings. The minimum Gasteiger partial charge on any atom is -0.494 e. The fraction of sp³-hybridized carbons (Fsp3) is 0.583. The minimum absolute atomic E-state index is 0.688. The number of unbranched alkanes of at least 4 members (excludes halogenated alkanes) is 1. The first-order valence-electron chi connectivity index (χ1n) is 10.8. The van der Waals surface area contributed by atoms with Crippen LogP contribution in [0.2, 0.25) is 0 Å². The molecule has 146 valence electrons. The summed E-state index contributed by atoms with van der Waals surface area (Å²) in [6, 6.07) is 8.10. The highest BCUT2D eigenvalue weighted by atomic mass is 16.5. The largest absolute Gasteiger partial charge is 0.494 e. The summed E-state index contributed by atoms with van der Waals surface area (Å²) < 4.78 is 5.52. The van der Waals surface area contributed by atoms with Crippen LogP contribution in [0.4, 0.5) is 0 Å². The number of fused-ring (bicyclic) bond motifs is 1. The summed E-state index contributed by atoms with van der Waals surface area (Å²) in [7, 11) is 0. The van der Waals surface area contributed by atoms with Crippen molar-refractivity contribution in [2.75, 3.05) is 6.61 Å². The van der Waals surface area contributed by atoms with E-state index in [0.717, 1.165) is 41.8 Å². The molecule has 0 saturated heterocycles. The van der Waals surface area contributed by atoms with Crippen molar-refractivity contribution < 1.29 is 4.74 Å². The molecule has 3 heteroatoms. The van der Waals surface area contributed by atoms with E-state index in [9.17, 15) is 0 Å². The van der Waals surface area contributed by atoms with E-state index in [2.05, 4.69) is 37.2 Å². The molecule has 0 spiro atoms. The maximum Gasteiger partial charge on any atom is 0.159 e. The van der Waals surface area contributed by atoms with Gasteiger partial charge in [-0.3, -0.25) is 0 Å². The standard InChI is InChI=1S/C24H34N2O/c1-4-7-8-18(5-2)15-19-9-14-23-21(16-19)17-25-24(26-23)20-10-12-22(13-11-20)27-6-3/h10-13,17-19H,4-9,14-16H2,1-3H3. The highest BCUT2D eigenvalue weighted by molar-refractivity contribution is 5.56. The number of hydrogen-bond donors (Lipinski definition) is 0. The van der Waals surface area contributed by atoms with Gasteiger partial charge in [-0.05, 0) is 74.3 Å². The zero-order chi connectivity index (χ0) is 19.1. The van der Waals surface area contributed by atoms with Crippen LogP contribution in [0.3, 0.4) is 0 Å². The Morgan fingerprint density at radius 3 is 2.67 bits per heavy atom. The normalized spacial score (nSPS) is 17.4. The van der Waals surface area contributed by atoms with Crippen LogP contribution in [0.1, 0.15) is 70.6 Å². The Morgan fingerprint density at radius 1 is 1.15 bits per heavy atom. The Bertz CT molecular complexity index is 711. The van der Waals surface area contributed by atoms with Crippen LogP contribution in [-0.4, -0.2) is 16.6 Å². The third kappa shape index (κ3) is 5.31. The quantitative estimate of drug-likeness (QED) is 0.526. The average molecular weight is 367 g/mol. The van der Waals surface area contributed by atoms with Gasteiger partial charge in [0.1, 0.15) is 5.75 Å². The third-order valence-electron chi connectivity index (χ3n) is 5.89. The smallest absolute Gasteiger partial charge is 0.159 e. The molecule has 2 aromatic rings. The van der Waals surface area contributed by atoms with E-state index in [-0.39, 0.29) is 0 Å². The summed E-state index contributed by atoms with van der Waals surface area (Å²) in [6.07, 6.45) is 12.4. The summed E-state index contributed by atoms with van der Waals surface area (Å²) in [5, 5.41) is 0. The van der Waals surface area contributed by atoms with Crippen molar-refractivity contribution in [2.45, 2.75) is 72.1 Å². The van der Waals surface area contributed by atoms with Gasteiger partial charge >= 0.3 is 0 Å². The Balaban J connectivity index is 1.65. The molecule has 1 aliphatic carbocycles. The molecule has 3 rings (SSSR count). The van der Waals surface area contributed by atoms with Gasteiger partial charge in [-0.25, -0.2) is 9.97 Å². The molecule has 0 bridgehead atoms. The summed E-state index contributed by atoms with van der Waals surface area (Å²) >= 11 is 0. The Labute approximate surface area is 164 Å². The summed E-state index contributed by atoms with van der Waals surface area (Å²) in [6.45, 7) is 7.33. The summed E-state index contributed by atoms with van der Waals surface area (Å²) in [5.74, 6) is 3.43. The first kappa shape index (κ1) is 19.9. The molecule has 0 N–H and O–H groups in total. The fourth-order valence-corrected chi connectivity index (χ4v) is 4.24. The lowest BCUT2D eigenvalue weighted by molar-refractivity contribution is 0.311. The number of benzene rings is 1. The van der Waals surface area contributed by atoms with E-state index in [0.29, 0.717) is 6.61 Å². The van der Waals surface area contributed by atoms with Crippen molar-refractivity contribution in [3.8, 4) is 17.1 Å². The van der Waals surface area contributed by atoms with E-state index in [1.807, 2.05) is 19.1 Å². The van der Waals surface area contributed by atoms with E-state index in [1.54, 1.807) is 0 Å². The van der Waals surface area contributed by atoms with Gasteiger partial charge in [0.15, 0.2) is 5.82 Å². The molecule has 1 heterocycles. The van der Waals surface area contributed by atoms with Crippen molar-refractivity contribution in [3.05, 3.63) is 41.7 Å². The second-order valence-electron chi connectivity index (χ2n) is 7.88. The van der Waals surface area contributed by atoms with Crippen LogP contribution in [0.5, 0.6) is 5.75 Å². The van der Waals surface area contributed by atoms with Crippen LogP contribution in [-0.2, 0) is 12.8 Å². The van der Waals surface area contributed by atoms with Crippen molar-refractivity contribution in [1.82, 2.24) is 9.97 Å². The molecular weight excluding hydrogens is 332 g/mol. The molecule has 0 fully saturated rings. The summed E-state index contributed by atoms with van der Waals surface area (Å²) in [5.41, 5.74) is 3.69. The predicted molar refractivity (Wildman–Crippen MR) is 112 cm³/mol. The molecule has 0 amide bonds. The minimum atomic E-state index is 0.688. The zero-order valence-electron chi connectivity index (χ0n) is 17.2.